The van der Waals surface area contributed by atoms with E-state index in [-0.39, 0.29) is 17.9 Å². The van der Waals surface area contributed by atoms with E-state index < -0.39 is 0 Å². The molecule has 0 aromatic heterocycles. The number of ether oxygens (including phenoxy) is 1. The van der Waals surface area contributed by atoms with Crippen LogP contribution in [0.2, 0.25) is 0 Å². The van der Waals surface area contributed by atoms with Crippen molar-refractivity contribution in [1.29, 1.82) is 0 Å². The Balaban J connectivity index is 2.59. The molecule has 2 unspecified atom stereocenters. The molecule has 1 aromatic carbocycles. The number of amides is 1. The molecule has 1 amide bonds. The number of anilines is 1. The van der Waals surface area contributed by atoms with Crippen molar-refractivity contribution in [3.05, 3.63) is 24.3 Å². The van der Waals surface area contributed by atoms with Crippen molar-refractivity contribution in [2.75, 3.05) is 11.9 Å². The number of benzene rings is 1. The van der Waals surface area contributed by atoms with Crippen molar-refractivity contribution in [3.63, 3.8) is 0 Å². The molecule has 0 aliphatic heterocycles. The fourth-order valence-corrected chi connectivity index (χ4v) is 1.49. The van der Waals surface area contributed by atoms with Gasteiger partial charge in [-0.05, 0) is 25.5 Å². The number of hydrogen-bond donors (Lipinski definition) is 2. The summed E-state index contributed by atoms with van der Waals surface area (Å²) in [6.07, 6.45) is 2.13. The zero-order valence-corrected chi connectivity index (χ0v) is 12.0. The molecule has 0 radical (unpaired) electrons. The second-order valence-electron chi connectivity index (χ2n) is 4.87. The number of carbonyl (C=O) groups excluding carboxylic acids is 1. The average molecular weight is 264 g/mol. The molecule has 106 valence electrons. The van der Waals surface area contributed by atoms with Crippen LogP contribution in [0.3, 0.4) is 0 Å². The minimum atomic E-state index is -0.218. The van der Waals surface area contributed by atoms with Gasteiger partial charge in [0.25, 0.3) is 0 Å². The maximum absolute atomic E-state index is 11.9. The van der Waals surface area contributed by atoms with E-state index in [9.17, 15) is 4.79 Å². The fraction of sp³-hybridized carbons (Fsp3) is 0.533. The number of carbonyl (C=O) groups is 1. The van der Waals surface area contributed by atoms with E-state index in [0.29, 0.717) is 6.61 Å². The third-order valence-corrected chi connectivity index (χ3v) is 3.07. The average Bonchev–Trinajstić information content (AvgIpc) is 2.38. The summed E-state index contributed by atoms with van der Waals surface area (Å²) in [5, 5.41) is 2.85. The van der Waals surface area contributed by atoms with Gasteiger partial charge in [0, 0.05) is 17.8 Å². The second kappa shape index (κ2) is 7.79. The Morgan fingerprint density at radius 3 is 2.79 bits per heavy atom. The maximum Gasteiger partial charge on any atom is 0.228 e. The van der Waals surface area contributed by atoms with E-state index in [4.69, 9.17) is 10.5 Å². The van der Waals surface area contributed by atoms with E-state index in [1.54, 1.807) is 0 Å². The highest BCUT2D eigenvalue weighted by atomic mass is 16.5. The summed E-state index contributed by atoms with van der Waals surface area (Å²) in [7, 11) is 0. The second-order valence-corrected chi connectivity index (χ2v) is 4.87. The van der Waals surface area contributed by atoms with E-state index >= 15 is 0 Å². The van der Waals surface area contributed by atoms with Crippen molar-refractivity contribution in [1.82, 2.24) is 0 Å². The van der Waals surface area contributed by atoms with Crippen molar-refractivity contribution in [3.8, 4) is 5.75 Å². The Hall–Kier alpha value is -1.55. The van der Waals surface area contributed by atoms with Gasteiger partial charge in [-0.15, -0.1) is 0 Å². The summed E-state index contributed by atoms with van der Waals surface area (Å²) < 4.78 is 5.60. The Labute approximate surface area is 115 Å². The maximum atomic E-state index is 11.9. The van der Waals surface area contributed by atoms with Crippen molar-refractivity contribution < 1.29 is 9.53 Å². The van der Waals surface area contributed by atoms with Gasteiger partial charge in [-0.2, -0.15) is 0 Å². The van der Waals surface area contributed by atoms with Gasteiger partial charge in [-0.1, -0.05) is 26.3 Å². The van der Waals surface area contributed by atoms with Crippen LogP contribution in [-0.2, 0) is 4.79 Å². The van der Waals surface area contributed by atoms with Crippen LogP contribution in [0.25, 0.3) is 0 Å². The summed E-state index contributed by atoms with van der Waals surface area (Å²) in [5.41, 5.74) is 6.46. The van der Waals surface area contributed by atoms with E-state index in [2.05, 4.69) is 12.2 Å². The SMILES string of the molecule is CCCCOc1cccc(NC(=O)C(C)C(C)N)c1. The molecule has 0 saturated heterocycles. The Morgan fingerprint density at radius 1 is 1.42 bits per heavy atom. The third kappa shape index (κ3) is 5.30. The molecule has 19 heavy (non-hydrogen) atoms. The molecule has 4 heteroatoms. The highest BCUT2D eigenvalue weighted by molar-refractivity contribution is 5.92. The predicted molar refractivity (Wildman–Crippen MR) is 78.3 cm³/mol. The topological polar surface area (TPSA) is 64.3 Å². The predicted octanol–water partition coefficient (Wildman–Crippen LogP) is 2.79. The van der Waals surface area contributed by atoms with Gasteiger partial charge < -0.3 is 15.8 Å². The fourth-order valence-electron chi connectivity index (χ4n) is 1.49. The van der Waals surface area contributed by atoms with E-state index in [1.165, 1.54) is 0 Å². The monoisotopic (exact) mass is 264 g/mol. The Kier molecular flexibility index (Phi) is 6.36. The molecule has 0 fully saturated rings. The van der Waals surface area contributed by atoms with Crippen LogP contribution in [-0.4, -0.2) is 18.6 Å². The molecule has 0 heterocycles. The zero-order valence-electron chi connectivity index (χ0n) is 12.0. The van der Waals surface area contributed by atoms with Crippen molar-refractivity contribution in [2.45, 2.75) is 39.7 Å². The lowest BCUT2D eigenvalue weighted by molar-refractivity contribution is -0.119. The molecular formula is C15H24N2O2. The molecule has 4 nitrogen and oxygen atoms in total. The number of rotatable bonds is 7. The lowest BCUT2D eigenvalue weighted by atomic mass is 10.0. The molecule has 2 atom stereocenters. The first kappa shape index (κ1) is 15.5. The number of unbranched alkanes of at least 4 members (excludes halogenated alkanes) is 1. The molecular weight excluding hydrogens is 240 g/mol. The first-order chi connectivity index (χ1) is 9.04. The lowest BCUT2D eigenvalue weighted by Gasteiger charge is -2.15. The van der Waals surface area contributed by atoms with Crippen LogP contribution in [0, 0.1) is 5.92 Å². The number of nitrogens with one attached hydrogen (secondary N) is 1. The number of nitrogens with two attached hydrogens (primary N) is 1. The largest absolute Gasteiger partial charge is 0.494 e. The van der Waals surface area contributed by atoms with Gasteiger partial charge in [0.05, 0.1) is 12.5 Å². The van der Waals surface area contributed by atoms with Gasteiger partial charge in [0.15, 0.2) is 0 Å². The molecule has 3 N–H and O–H groups in total. The van der Waals surface area contributed by atoms with Crippen LogP contribution >= 0.6 is 0 Å². The van der Waals surface area contributed by atoms with Crippen LogP contribution in [0.5, 0.6) is 5.75 Å². The van der Waals surface area contributed by atoms with E-state index in [0.717, 1.165) is 24.3 Å². The molecule has 0 bridgehead atoms. The zero-order chi connectivity index (χ0) is 14.3. The molecule has 1 aromatic rings. The Morgan fingerprint density at radius 2 is 2.16 bits per heavy atom. The van der Waals surface area contributed by atoms with Gasteiger partial charge in [0.2, 0.25) is 5.91 Å². The van der Waals surface area contributed by atoms with Crippen molar-refractivity contribution in [2.24, 2.45) is 11.7 Å². The smallest absolute Gasteiger partial charge is 0.228 e. The summed E-state index contributed by atoms with van der Waals surface area (Å²) in [6, 6.07) is 7.28. The van der Waals surface area contributed by atoms with Crippen LogP contribution in [0.15, 0.2) is 24.3 Å². The van der Waals surface area contributed by atoms with Gasteiger partial charge in [0.1, 0.15) is 5.75 Å². The van der Waals surface area contributed by atoms with Crippen LogP contribution in [0.1, 0.15) is 33.6 Å². The molecule has 0 saturated carbocycles. The van der Waals surface area contributed by atoms with Gasteiger partial charge >= 0.3 is 0 Å². The lowest BCUT2D eigenvalue weighted by Crippen LogP contribution is -2.34. The van der Waals surface area contributed by atoms with Gasteiger partial charge in [-0.25, -0.2) is 0 Å². The minimum Gasteiger partial charge on any atom is -0.494 e. The summed E-state index contributed by atoms with van der Waals surface area (Å²) in [5.74, 6) is 0.491. The standard InChI is InChI=1S/C15H24N2O2/c1-4-5-9-19-14-8-6-7-13(10-14)17-15(18)11(2)12(3)16/h6-8,10-12H,4-5,9,16H2,1-3H3,(H,17,18). The minimum absolute atomic E-state index is 0.0688. The van der Waals surface area contributed by atoms with E-state index in [1.807, 2.05) is 38.1 Å². The molecule has 0 spiro atoms. The first-order valence-corrected chi connectivity index (χ1v) is 6.84. The molecule has 0 aliphatic carbocycles. The van der Waals surface area contributed by atoms with Crippen molar-refractivity contribution >= 4 is 11.6 Å². The van der Waals surface area contributed by atoms with Crippen LogP contribution in [0.4, 0.5) is 5.69 Å². The molecule has 1 rings (SSSR count). The van der Waals surface area contributed by atoms with Gasteiger partial charge in [-0.3, -0.25) is 4.79 Å². The Bertz CT molecular complexity index is 405. The highest BCUT2D eigenvalue weighted by Crippen LogP contribution is 2.18. The normalized spacial score (nSPS) is 13.7. The summed E-state index contributed by atoms with van der Waals surface area (Å²) in [6.45, 7) is 6.47. The quantitative estimate of drug-likeness (QED) is 0.744. The third-order valence-electron chi connectivity index (χ3n) is 3.07. The highest BCUT2D eigenvalue weighted by Gasteiger charge is 2.16. The number of hydrogen-bond acceptors (Lipinski definition) is 3. The summed E-state index contributed by atoms with van der Waals surface area (Å²) >= 11 is 0. The molecule has 0 aliphatic rings. The first-order valence-electron chi connectivity index (χ1n) is 6.84. The van der Waals surface area contributed by atoms with Crippen LogP contribution < -0.4 is 15.8 Å². The summed E-state index contributed by atoms with van der Waals surface area (Å²) in [4.78, 5) is 11.9.